The van der Waals surface area contributed by atoms with Gasteiger partial charge in [0.15, 0.2) is 17.4 Å². The maximum absolute atomic E-state index is 15.3. The lowest BCUT2D eigenvalue weighted by Crippen LogP contribution is -2.05. The zero-order valence-electron chi connectivity index (χ0n) is 21.7. The molecule has 3 heterocycles. The Balaban J connectivity index is 1.34. The molecule has 6 rings (SSSR count). The highest BCUT2D eigenvalue weighted by Gasteiger charge is 2.24. The minimum atomic E-state index is -0.979. The molecular weight excluding hydrogens is 519 g/mol. The number of benzene rings is 3. The predicted octanol–water partition coefficient (Wildman–Crippen LogP) is 7.36. The first-order valence-corrected chi connectivity index (χ1v) is 13.1. The molecule has 0 saturated heterocycles. The van der Waals surface area contributed by atoms with E-state index in [2.05, 4.69) is 4.98 Å². The third-order valence-corrected chi connectivity index (χ3v) is 7.51. The molecule has 1 atom stereocenters. The SMILES string of the molecule is CC(c1cn2c(n1)-c1cc(Oc3c(F)cc4[nH]ccc4c3F)ccc1CCC2)c1cccc(CCC(=O)O)c1F. The molecule has 9 heteroatoms. The fraction of sp³-hybridized carbons (Fsp3) is 0.226. The second kappa shape index (κ2) is 10.2. The summed E-state index contributed by atoms with van der Waals surface area (Å²) in [5.74, 6) is -2.91. The Morgan fingerprint density at radius 2 is 2.00 bits per heavy atom. The van der Waals surface area contributed by atoms with Gasteiger partial charge in [0, 0.05) is 48.3 Å². The lowest BCUT2D eigenvalue weighted by molar-refractivity contribution is -0.136. The van der Waals surface area contributed by atoms with E-state index in [1.807, 2.05) is 23.8 Å². The van der Waals surface area contributed by atoms with Crippen LogP contribution in [0.4, 0.5) is 13.2 Å². The molecule has 6 nitrogen and oxygen atoms in total. The van der Waals surface area contributed by atoms with Crippen LogP contribution in [0.3, 0.4) is 0 Å². The number of ether oxygens (including phenoxy) is 1. The van der Waals surface area contributed by atoms with Gasteiger partial charge in [0.1, 0.15) is 17.4 Å². The van der Waals surface area contributed by atoms with Gasteiger partial charge in [0.05, 0.1) is 11.2 Å². The minimum Gasteiger partial charge on any atom is -0.481 e. The summed E-state index contributed by atoms with van der Waals surface area (Å²) in [6.07, 6.45) is 5.05. The van der Waals surface area contributed by atoms with Crippen molar-refractivity contribution in [1.29, 1.82) is 0 Å². The van der Waals surface area contributed by atoms with Crippen molar-refractivity contribution in [3.8, 4) is 22.9 Å². The standard InChI is InChI=1S/C31H26F3N3O3/c1-17(21-6-2-4-19(28(21)33)8-10-27(38)39)26-16-37-13-3-5-18-7-9-20(14-23(18)31(37)36-26)40-30-24(32)15-25-22(29(30)34)11-12-35-25/h2,4,6-7,9,11-12,14-17,35H,3,5,8,10,13H2,1H3,(H,38,39). The lowest BCUT2D eigenvalue weighted by atomic mass is 9.94. The molecule has 0 fully saturated rings. The van der Waals surface area contributed by atoms with Gasteiger partial charge in [-0.3, -0.25) is 4.79 Å². The maximum Gasteiger partial charge on any atom is 0.303 e. The number of hydrogen-bond donors (Lipinski definition) is 2. The second-order valence-corrected chi connectivity index (χ2v) is 10.1. The topological polar surface area (TPSA) is 80.1 Å². The molecule has 0 radical (unpaired) electrons. The number of imidazole rings is 1. The van der Waals surface area contributed by atoms with Crippen LogP contribution in [-0.2, 0) is 24.2 Å². The van der Waals surface area contributed by atoms with Crippen LogP contribution in [-0.4, -0.2) is 25.6 Å². The van der Waals surface area contributed by atoms with Crippen LogP contribution < -0.4 is 4.74 Å². The smallest absolute Gasteiger partial charge is 0.303 e. The predicted molar refractivity (Wildman–Crippen MR) is 144 cm³/mol. The van der Waals surface area contributed by atoms with Gasteiger partial charge in [-0.1, -0.05) is 31.2 Å². The van der Waals surface area contributed by atoms with Crippen LogP contribution in [0.25, 0.3) is 22.3 Å². The van der Waals surface area contributed by atoms with Crippen molar-refractivity contribution < 1.29 is 27.8 Å². The molecule has 1 unspecified atom stereocenters. The summed E-state index contributed by atoms with van der Waals surface area (Å²) in [5, 5.41) is 9.23. The van der Waals surface area contributed by atoms with Crippen LogP contribution in [0.1, 0.15) is 48.1 Å². The number of rotatable bonds is 7. The van der Waals surface area contributed by atoms with E-state index in [4.69, 9.17) is 14.8 Å². The van der Waals surface area contributed by atoms with Crippen molar-refractivity contribution in [3.05, 3.63) is 101 Å². The van der Waals surface area contributed by atoms with Crippen molar-refractivity contribution in [2.24, 2.45) is 0 Å². The average molecular weight is 546 g/mol. The molecule has 3 aromatic carbocycles. The number of H-pyrrole nitrogens is 1. The summed E-state index contributed by atoms with van der Waals surface area (Å²) in [7, 11) is 0. The number of fused-ring (bicyclic) bond motifs is 4. The summed E-state index contributed by atoms with van der Waals surface area (Å²) in [5.41, 5.74) is 3.62. The normalized spacial score (nSPS) is 13.5. The summed E-state index contributed by atoms with van der Waals surface area (Å²) in [4.78, 5) is 18.7. The number of hydrogen-bond acceptors (Lipinski definition) is 3. The molecule has 1 aliphatic rings. The molecule has 204 valence electrons. The van der Waals surface area contributed by atoms with Crippen LogP contribution in [0, 0.1) is 17.5 Å². The first-order valence-electron chi connectivity index (χ1n) is 13.1. The van der Waals surface area contributed by atoms with Crippen LogP contribution in [0.2, 0.25) is 0 Å². The molecule has 2 aromatic heterocycles. The van der Waals surface area contributed by atoms with E-state index in [0.717, 1.165) is 24.0 Å². The Kier molecular flexibility index (Phi) is 6.57. The third kappa shape index (κ3) is 4.61. The number of aromatic amines is 1. The molecule has 5 aromatic rings. The third-order valence-electron chi connectivity index (χ3n) is 7.51. The number of halogens is 3. The summed E-state index contributed by atoms with van der Waals surface area (Å²) < 4.78 is 52.9. The van der Waals surface area contributed by atoms with Crippen molar-refractivity contribution in [2.75, 3.05) is 0 Å². The number of aromatic nitrogens is 3. The number of carboxylic acids is 1. The van der Waals surface area contributed by atoms with Gasteiger partial charge in [-0.05, 0) is 54.2 Å². The lowest BCUT2D eigenvalue weighted by Gasteiger charge is -2.13. The molecule has 40 heavy (non-hydrogen) atoms. The summed E-state index contributed by atoms with van der Waals surface area (Å²) in [6.45, 7) is 2.57. The van der Waals surface area contributed by atoms with Gasteiger partial charge in [-0.2, -0.15) is 0 Å². The number of nitrogens with zero attached hydrogens (tertiary/aromatic N) is 2. The fourth-order valence-corrected chi connectivity index (χ4v) is 5.37. The number of carboxylic acid groups (broad SMARTS) is 1. The molecule has 0 spiro atoms. The molecule has 1 aliphatic heterocycles. The highest BCUT2D eigenvalue weighted by Crippen LogP contribution is 2.38. The highest BCUT2D eigenvalue weighted by molar-refractivity contribution is 5.82. The number of carbonyl (C=O) groups is 1. The van der Waals surface area contributed by atoms with E-state index in [9.17, 15) is 9.18 Å². The molecule has 2 N–H and O–H groups in total. The van der Waals surface area contributed by atoms with E-state index >= 15 is 8.78 Å². The Morgan fingerprint density at radius 3 is 2.83 bits per heavy atom. The van der Waals surface area contributed by atoms with E-state index < -0.39 is 29.2 Å². The van der Waals surface area contributed by atoms with E-state index in [0.29, 0.717) is 34.7 Å². The Hall–Kier alpha value is -4.53. The molecule has 0 saturated carbocycles. The van der Waals surface area contributed by atoms with E-state index in [1.165, 1.54) is 18.3 Å². The zero-order valence-corrected chi connectivity index (χ0v) is 21.7. The van der Waals surface area contributed by atoms with E-state index in [1.54, 1.807) is 30.3 Å². The molecule has 0 bridgehead atoms. The first-order chi connectivity index (χ1) is 19.3. The Bertz CT molecular complexity index is 1760. The van der Waals surface area contributed by atoms with Crippen LogP contribution >= 0.6 is 0 Å². The summed E-state index contributed by atoms with van der Waals surface area (Å²) in [6, 6.07) is 13.1. The first kappa shape index (κ1) is 25.7. The van der Waals surface area contributed by atoms with Gasteiger partial charge < -0.3 is 19.4 Å². The average Bonchev–Trinajstić information content (AvgIpc) is 3.54. The van der Waals surface area contributed by atoms with Crippen molar-refractivity contribution in [1.82, 2.24) is 14.5 Å². The second-order valence-electron chi connectivity index (χ2n) is 10.1. The number of aryl methyl sites for hydroxylation is 3. The number of aliphatic carboxylic acids is 1. The van der Waals surface area contributed by atoms with Crippen molar-refractivity contribution >= 4 is 16.9 Å². The zero-order chi connectivity index (χ0) is 28.0. The summed E-state index contributed by atoms with van der Waals surface area (Å²) >= 11 is 0. The monoisotopic (exact) mass is 545 g/mol. The van der Waals surface area contributed by atoms with Gasteiger partial charge in [0.25, 0.3) is 0 Å². The van der Waals surface area contributed by atoms with E-state index in [-0.39, 0.29) is 29.9 Å². The van der Waals surface area contributed by atoms with Crippen LogP contribution in [0.5, 0.6) is 11.5 Å². The Morgan fingerprint density at radius 1 is 1.15 bits per heavy atom. The molecular formula is C31H26F3N3O3. The fourth-order valence-electron chi connectivity index (χ4n) is 5.37. The highest BCUT2D eigenvalue weighted by atomic mass is 19.1. The van der Waals surface area contributed by atoms with Gasteiger partial charge in [-0.25, -0.2) is 18.2 Å². The maximum atomic E-state index is 15.3. The van der Waals surface area contributed by atoms with Crippen molar-refractivity contribution in [3.63, 3.8) is 0 Å². The Labute approximate surface area is 228 Å². The van der Waals surface area contributed by atoms with Crippen molar-refractivity contribution in [2.45, 2.75) is 45.1 Å². The number of nitrogens with one attached hydrogen (secondary N) is 1. The van der Waals surface area contributed by atoms with Gasteiger partial charge >= 0.3 is 5.97 Å². The molecule has 0 aliphatic carbocycles. The van der Waals surface area contributed by atoms with Crippen LogP contribution in [0.15, 0.2) is 60.9 Å². The minimum absolute atomic E-state index is 0.107. The quantitative estimate of drug-likeness (QED) is 0.224. The molecule has 0 amide bonds. The van der Waals surface area contributed by atoms with Gasteiger partial charge in [0.2, 0.25) is 0 Å². The largest absolute Gasteiger partial charge is 0.481 e. The van der Waals surface area contributed by atoms with Gasteiger partial charge in [-0.15, -0.1) is 0 Å².